The van der Waals surface area contributed by atoms with Crippen molar-refractivity contribution in [3.63, 3.8) is 0 Å². The molecule has 164 valence electrons. The van der Waals surface area contributed by atoms with E-state index in [2.05, 4.69) is 46.6 Å². The quantitative estimate of drug-likeness (QED) is 0.713. The van der Waals surface area contributed by atoms with Crippen molar-refractivity contribution in [1.82, 2.24) is 10.2 Å². The lowest BCUT2D eigenvalue weighted by Gasteiger charge is -2.40. The molecule has 1 aliphatic heterocycles. The van der Waals surface area contributed by atoms with Crippen molar-refractivity contribution in [2.45, 2.75) is 56.4 Å². The Morgan fingerprint density at radius 3 is 2.55 bits per heavy atom. The summed E-state index contributed by atoms with van der Waals surface area (Å²) in [5, 5.41) is 3.18. The molecule has 1 saturated heterocycles. The second-order valence-corrected chi connectivity index (χ2v) is 9.84. The Kier molecular flexibility index (Phi) is 5.75. The highest BCUT2D eigenvalue weighted by atomic mass is 16.5. The van der Waals surface area contributed by atoms with Gasteiger partial charge < -0.3 is 10.1 Å². The maximum absolute atomic E-state index is 12.6. The van der Waals surface area contributed by atoms with E-state index in [-0.39, 0.29) is 11.3 Å². The van der Waals surface area contributed by atoms with Gasteiger partial charge in [0, 0.05) is 19.5 Å². The summed E-state index contributed by atoms with van der Waals surface area (Å²) in [7, 11) is 1.71. The largest absolute Gasteiger partial charge is 0.497 e. The molecule has 1 saturated carbocycles. The van der Waals surface area contributed by atoms with Gasteiger partial charge in [-0.25, -0.2) is 0 Å². The Bertz CT molecular complexity index is 911. The van der Waals surface area contributed by atoms with Crippen LogP contribution in [0.3, 0.4) is 0 Å². The third-order valence-electron chi connectivity index (χ3n) is 7.70. The molecule has 2 aromatic rings. The summed E-state index contributed by atoms with van der Waals surface area (Å²) in [4.78, 5) is 15.2. The summed E-state index contributed by atoms with van der Waals surface area (Å²) < 4.78 is 5.28. The van der Waals surface area contributed by atoms with E-state index >= 15 is 0 Å². The van der Waals surface area contributed by atoms with E-state index < -0.39 is 0 Å². The van der Waals surface area contributed by atoms with E-state index in [9.17, 15) is 4.79 Å². The maximum Gasteiger partial charge on any atom is 0.220 e. The fourth-order valence-electron chi connectivity index (χ4n) is 5.69. The van der Waals surface area contributed by atoms with Gasteiger partial charge in [0.05, 0.1) is 7.11 Å². The van der Waals surface area contributed by atoms with Gasteiger partial charge in [-0.3, -0.25) is 9.69 Å². The molecule has 1 amide bonds. The first-order valence-electron chi connectivity index (χ1n) is 11.9. The molecule has 0 bridgehead atoms. The van der Waals surface area contributed by atoms with Crippen molar-refractivity contribution in [1.29, 1.82) is 0 Å². The van der Waals surface area contributed by atoms with Gasteiger partial charge in [0.2, 0.25) is 5.91 Å². The Morgan fingerprint density at radius 2 is 1.84 bits per heavy atom. The second kappa shape index (κ2) is 8.66. The lowest BCUT2D eigenvalue weighted by atomic mass is 9.73. The van der Waals surface area contributed by atoms with Gasteiger partial charge in [0.15, 0.2) is 0 Å². The number of carbonyl (C=O) groups is 1. The molecule has 1 heterocycles. The molecule has 2 aromatic carbocycles. The number of likely N-dealkylation sites (tertiary alicyclic amines) is 1. The monoisotopic (exact) mass is 418 g/mol. The van der Waals surface area contributed by atoms with Gasteiger partial charge >= 0.3 is 0 Å². The van der Waals surface area contributed by atoms with E-state index in [4.69, 9.17) is 4.74 Å². The molecule has 1 atom stereocenters. The topological polar surface area (TPSA) is 41.6 Å². The van der Waals surface area contributed by atoms with Gasteiger partial charge in [-0.15, -0.1) is 0 Å². The van der Waals surface area contributed by atoms with Crippen LogP contribution in [0.15, 0.2) is 48.5 Å². The van der Waals surface area contributed by atoms with Gasteiger partial charge in [0.25, 0.3) is 0 Å². The van der Waals surface area contributed by atoms with Crippen LogP contribution in [0.25, 0.3) is 0 Å². The first-order valence-corrected chi connectivity index (χ1v) is 11.9. The SMILES string of the molecule is COc1ccc(CN2CCC3(CC2)C[C@@H](CC(=O)NCC2CC2)c2ccccc23)cc1. The smallest absolute Gasteiger partial charge is 0.220 e. The van der Waals surface area contributed by atoms with Crippen molar-refractivity contribution in [2.75, 3.05) is 26.7 Å². The summed E-state index contributed by atoms with van der Waals surface area (Å²) in [6.45, 7) is 4.09. The maximum atomic E-state index is 12.6. The van der Waals surface area contributed by atoms with Crippen LogP contribution in [0.5, 0.6) is 5.75 Å². The molecule has 2 aliphatic carbocycles. The molecule has 0 aromatic heterocycles. The number of benzene rings is 2. The molecule has 0 unspecified atom stereocenters. The highest BCUT2D eigenvalue weighted by Crippen LogP contribution is 2.52. The van der Waals surface area contributed by atoms with Crippen LogP contribution in [-0.4, -0.2) is 37.6 Å². The number of nitrogens with zero attached hydrogens (tertiary/aromatic N) is 1. The average molecular weight is 419 g/mol. The molecular formula is C27H34N2O2. The van der Waals surface area contributed by atoms with Crippen molar-refractivity contribution in [2.24, 2.45) is 5.92 Å². The van der Waals surface area contributed by atoms with Gasteiger partial charge in [-0.1, -0.05) is 36.4 Å². The fourth-order valence-corrected chi connectivity index (χ4v) is 5.69. The molecule has 4 heteroatoms. The van der Waals surface area contributed by atoms with E-state index in [1.165, 1.54) is 42.4 Å². The number of ether oxygens (including phenoxy) is 1. The minimum atomic E-state index is 0.237. The standard InChI is InChI=1S/C27H34N2O2/c1-31-23-10-8-21(9-11-23)19-29-14-12-27(13-15-29)17-22(24-4-2-3-5-25(24)27)16-26(30)28-18-20-6-7-20/h2-5,8-11,20,22H,6-7,12-19H2,1H3,(H,28,30)/t22-/m1/s1. The van der Waals surface area contributed by atoms with Crippen molar-refractivity contribution in [3.05, 3.63) is 65.2 Å². The van der Waals surface area contributed by atoms with E-state index in [1.54, 1.807) is 7.11 Å². The highest BCUT2D eigenvalue weighted by Gasteiger charge is 2.45. The van der Waals surface area contributed by atoms with E-state index in [1.807, 2.05) is 12.1 Å². The van der Waals surface area contributed by atoms with Gasteiger partial charge in [-0.2, -0.15) is 0 Å². The van der Waals surface area contributed by atoms with Crippen LogP contribution in [0.1, 0.15) is 61.1 Å². The van der Waals surface area contributed by atoms with Crippen molar-refractivity contribution >= 4 is 5.91 Å². The Morgan fingerprint density at radius 1 is 1.10 bits per heavy atom. The summed E-state index contributed by atoms with van der Waals surface area (Å²) in [5.74, 6) is 2.25. The Balaban J connectivity index is 1.22. The molecule has 1 spiro atoms. The van der Waals surface area contributed by atoms with Crippen LogP contribution >= 0.6 is 0 Å². The summed E-state index contributed by atoms with van der Waals surface area (Å²) in [6.07, 6.45) is 6.69. The molecular weight excluding hydrogens is 384 g/mol. The summed E-state index contributed by atoms with van der Waals surface area (Å²) in [6, 6.07) is 17.4. The predicted octanol–water partition coefficient (Wildman–Crippen LogP) is 4.63. The summed E-state index contributed by atoms with van der Waals surface area (Å²) >= 11 is 0. The molecule has 2 fully saturated rings. The van der Waals surface area contributed by atoms with Crippen LogP contribution < -0.4 is 10.1 Å². The van der Waals surface area contributed by atoms with Crippen molar-refractivity contribution < 1.29 is 9.53 Å². The van der Waals surface area contributed by atoms with E-state index in [0.29, 0.717) is 12.3 Å². The number of fused-ring (bicyclic) bond motifs is 2. The number of rotatable bonds is 7. The number of hydrogen-bond acceptors (Lipinski definition) is 3. The van der Waals surface area contributed by atoms with Crippen LogP contribution in [0.4, 0.5) is 0 Å². The van der Waals surface area contributed by atoms with Crippen LogP contribution in [0.2, 0.25) is 0 Å². The fraction of sp³-hybridized carbons (Fsp3) is 0.519. The minimum absolute atomic E-state index is 0.237. The molecule has 31 heavy (non-hydrogen) atoms. The third-order valence-corrected chi connectivity index (χ3v) is 7.70. The second-order valence-electron chi connectivity index (χ2n) is 9.84. The van der Waals surface area contributed by atoms with Crippen LogP contribution in [0, 0.1) is 5.92 Å². The molecule has 5 rings (SSSR count). The number of carbonyl (C=O) groups excluding carboxylic acids is 1. The Hall–Kier alpha value is -2.33. The lowest BCUT2D eigenvalue weighted by molar-refractivity contribution is -0.121. The first-order chi connectivity index (χ1) is 15.1. The molecule has 0 radical (unpaired) electrons. The number of piperidine rings is 1. The van der Waals surface area contributed by atoms with Crippen molar-refractivity contribution in [3.8, 4) is 5.75 Å². The predicted molar refractivity (Wildman–Crippen MR) is 123 cm³/mol. The van der Waals surface area contributed by atoms with Crippen LogP contribution in [-0.2, 0) is 16.8 Å². The zero-order valence-electron chi connectivity index (χ0n) is 18.6. The lowest BCUT2D eigenvalue weighted by Crippen LogP contribution is -2.41. The van der Waals surface area contributed by atoms with Gasteiger partial charge in [0.1, 0.15) is 5.75 Å². The highest BCUT2D eigenvalue weighted by molar-refractivity contribution is 5.77. The minimum Gasteiger partial charge on any atom is -0.497 e. The normalized spacial score (nSPS) is 22.3. The molecule has 3 aliphatic rings. The van der Waals surface area contributed by atoms with Gasteiger partial charge in [-0.05, 0) is 91.3 Å². The zero-order chi connectivity index (χ0) is 21.3. The Labute approximate surface area is 186 Å². The number of nitrogens with one attached hydrogen (secondary N) is 1. The molecule has 1 N–H and O–H groups in total. The first kappa shape index (κ1) is 20.6. The van der Waals surface area contributed by atoms with E-state index in [0.717, 1.165) is 44.3 Å². The average Bonchev–Trinajstić information content (AvgIpc) is 3.59. The summed E-state index contributed by atoms with van der Waals surface area (Å²) in [5.41, 5.74) is 4.52. The number of methoxy groups -OCH3 is 1. The third kappa shape index (κ3) is 4.50. The number of hydrogen-bond donors (Lipinski definition) is 1. The number of amides is 1. The zero-order valence-corrected chi connectivity index (χ0v) is 18.6. The molecule has 4 nitrogen and oxygen atoms in total.